The predicted molar refractivity (Wildman–Crippen MR) is 100 cm³/mol. The Morgan fingerprint density at radius 1 is 1.33 bits per heavy atom. The molecule has 0 N–H and O–H groups in total. The monoisotopic (exact) mass is 368 g/mol. The molecule has 0 aliphatic carbocycles. The summed E-state index contributed by atoms with van der Waals surface area (Å²) in [5.41, 5.74) is 3.26. The average molecular weight is 368 g/mol. The molecule has 0 spiro atoms. The third kappa shape index (κ3) is 4.16. The molecule has 2 aliphatic heterocycles. The topological polar surface area (TPSA) is 49.3 Å². The first-order valence-electron chi connectivity index (χ1n) is 9.65. The molecule has 0 bridgehead atoms. The number of amides is 1. The predicted octanol–water partition coefficient (Wildman–Crippen LogP) is 2.90. The molecule has 5 nitrogen and oxygen atoms in total. The third-order valence-electron chi connectivity index (χ3n) is 5.56. The minimum absolute atomic E-state index is 0.130. The normalized spacial score (nSPS) is 20.4. The van der Waals surface area contributed by atoms with Gasteiger partial charge in [-0.25, -0.2) is 14.4 Å². The number of nitrogens with zero attached hydrogens (tertiary/aromatic N) is 4. The highest BCUT2D eigenvalue weighted by molar-refractivity contribution is 5.73. The van der Waals surface area contributed by atoms with Crippen LogP contribution in [-0.4, -0.2) is 45.3 Å². The van der Waals surface area contributed by atoms with Gasteiger partial charge >= 0.3 is 0 Å². The maximum atomic E-state index is 13.4. The molecule has 27 heavy (non-hydrogen) atoms. The fourth-order valence-corrected chi connectivity index (χ4v) is 4.09. The number of halogens is 1. The first-order valence-corrected chi connectivity index (χ1v) is 9.65. The van der Waals surface area contributed by atoms with E-state index in [0.717, 1.165) is 74.6 Å². The summed E-state index contributed by atoms with van der Waals surface area (Å²) < 4.78 is 13.4. The summed E-state index contributed by atoms with van der Waals surface area (Å²) >= 11 is 0. The zero-order valence-corrected chi connectivity index (χ0v) is 15.7. The van der Waals surface area contributed by atoms with Crippen LogP contribution in [-0.2, 0) is 24.3 Å². The van der Waals surface area contributed by atoms with Gasteiger partial charge in [-0.3, -0.25) is 9.69 Å². The summed E-state index contributed by atoms with van der Waals surface area (Å²) in [6.07, 6.45) is 4.87. The fraction of sp³-hybridized carbons (Fsp3) is 0.476. The summed E-state index contributed by atoms with van der Waals surface area (Å²) in [4.78, 5) is 25.4. The second-order valence-corrected chi connectivity index (χ2v) is 7.59. The van der Waals surface area contributed by atoms with Crippen molar-refractivity contribution >= 4 is 5.91 Å². The van der Waals surface area contributed by atoms with E-state index in [9.17, 15) is 9.18 Å². The molecule has 0 unspecified atom stereocenters. The van der Waals surface area contributed by atoms with Crippen LogP contribution >= 0.6 is 0 Å². The summed E-state index contributed by atoms with van der Waals surface area (Å²) in [5, 5.41) is 0. The van der Waals surface area contributed by atoms with E-state index in [0.29, 0.717) is 0 Å². The Kier molecular flexibility index (Phi) is 5.16. The lowest BCUT2D eigenvalue weighted by molar-refractivity contribution is -0.130. The summed E-state index contributed by atoms with van der Waals surface area (Å²) in [7, 11) is 0. The number of rotatable bonds is 3. The highest BCUT2D eigenvalue weighted by atomic mass is 19.1. The zero-order valence-electron chi connectivity index (χ0n) is 15.7. The molecular weight excluding hydrogens is 343 g/mol. The Balaban J connectivity index is 1.44. The minimum atomic E-state index is -0.190. The molecule has 2 aromatic rings. The number of fused-ring (bicyclic) bond motifs is 1. The van der Waals surface area contributed by atoms with Gasteiger partial charge in [-0.05, 0) is 30.5 Å². The standard InChI is InChI=1S/C21H25FN4O/c1-15(27)26-8-3-5-17(14-26)21-23-11-18-13-25(9-7-20(18)24-21)12-16-4-2-6-19(22)10-16/h2,4,6,10-11,17H,3,5,7-9,12-14H2,1H3/t17-/m1/s1. The second-order valence-electron chi connectivity index (χ2n) is 7.59. The highest BCUT2D eigenvalue weighted by Crippen LogP contribution is 2.26. The van der Waals surface area contributed by atoms with E-state index in [-0.39, 0.29) is 17.6 Å². The number of likely N-dealkylation sites (tertiary alicyclic amines) is 1. The molecule has 0 saturated carbocycles. The number of piperidine rings is 1. The van der Waals surface area contributed by atoms with Crippen molar-refractivity contribution < 1.29 is 9.18 Å². The van der Waals surface area contributed by atoms with E-state index in [1.54, 1.807) is 19.1 Å². The van der Waals surface area contributed by atoms with Crippen LogP contribution in [0.4, 0.5) is 4.39 Å². The van der Waals surface area contributed by atoms with Gasteiger partial charge in [0.2, 0.25) is 5.91 Å². The Morgan fingerprint density at radius 3 is 3.04 bits per heavy atom. The molecule has 2 aliphatic rings. The van der Waals surface area contributed by atoms with Gasteiger partial charge in [0.1, 0.15) is 11.6 Å². The molecule has 3 heterocycles. The molecule has 1 fully saturated rings. The van der Waals surface area contributed by atoms with Crippen LogP contribution in [0.2, 0.25) is 0 Å². The van der Waals surface area contributed by atoms with Gasteiger partial charge in [0.15, 0.2) is 0 Å². The van der Waals surface area contributed by atoms with Gasteiger partial charge < -0.3 is 4.90 Å². The van der Waals surface area contributed by atoms with Gasteiger partial charge in [-0.15, -0.1) is 0 Å². The van der Waals surface area contributed by atoms with E-state index >= 15 is 0 Å². The number of hydrogen-bond donors (Lipinski definition) is 0. The van der Waals surface area contributed by atoms with Crippen LogP contribution in [0.1, 0.15) is 48.3 Å². The van der Waals surface area contributed by atoms with E-state index in [4.69, 9.17) is 4.98 Å². The van der Waals surface area contributed by atoms with Gasteiger partial charge in [0.05, 0.1) is 0 Å². The summed E-state index contributed by atoms with van der Waals surface area (Å²) in [5.74, 6) is 1.05. The molecule has 1 atom stereocenters. The number of hydrogen-bond acceptors (Lipinski definition) is 4. The summed E-state index contributed by atoms with van der Waals surface area (Å²) in [6, 6.07) is 6.79. The fourth-order valence-electron chi connectivity index (χ4n) is 4.09. The zero-order chi connectivity index (χ0) is 18.8. The van der Waals surface area contributed by atoms with Crippen molar-refractivity contribution in [2.75, 3.05) is 19.6 Å². The second kappa shape index (κ2) is 7.72. The van der Waals surface area contributed by atoms with Gasteiger partial charge in [-0.1, -0.05) is 12.1 Å². The molecule has 1 amide bonds. The lowest BCUT2D eigenvalue weighted by atomic mass is 9.96. The Bertz CT molecular complexity index is 841. The average Bonchev–Trinajstić information content (AvgIpc) is 2.68. The van der Waals surface area contributed by atoms with Crippen molar-refractivity contribution in [1.82, 2.24) is 19.8 Å². The van der Waals surface area contributed by atoms with E-state index in [1.165, 1.54) is 6.07 Å². The van der Waals surface area contributed by atoms with Crippen LogP contribution in [0.3, 0.4) is 0 Å². The van der Waals surface area contributed by atoms with E-state index in [2.05, 4.69) is 9.88 Å². The third-order valence-corrected chi connectivity index (χ3v) is 5.56. The van der Waals surface area contributed by atoms with Crippen molar-refractivity contribution in [1.29, 1.82) is 0 Å². The van der Waals surface area contributed by atoms with Crippen molar-refractivity contribution in [3.63, 3.8) is 0 Å². The van der Waals surface area contributed by atoms with E-state index in [1.807, 2.05) is 17.2 Å². The Morgan fingerprint density at radius 2 is 2.22 bits per heavy atom. The molecule has 6 heteroatoms. The van der Waals surface area contributed by atoms with Gasteiger partial charge in [0.25, 0.3) is 0 Å². The molecule has 1 aromatic heterocycles. The van der Waals surface area contributed by atoms with Crippen LogP contribution < -0.4 is 0 Å². The molecule has 142 valence electrons. The molecule has 1 saturated heterocycles. The van der Waals surface area contributed by atoms with Crippen molar-refractivity contribution in [3.8, 4) is 0 Å². The van der Waals surface area contributed by atoms with Crippen molar-refractivity contribution in [2.24, 2.45) is 0 Å². The molecule has 1 aromatic carbocycles. The SMILES string of the molecule is CC(=O)N1CCC[C@@H](c2ncc3c(n2)CCN(Cc2cccc(F)c2)C3)C1. The lowest BCUT2D eigenvalue weighted by Gasteiger charge is -2.32. The number of benzene rings is 1. The van der Waals surface area contributed by atoms with Crippen LogP contribution in [0.15, 0.2) is 30.5 Å². The van der Waals surface area contributed by atoms with Crippen LogP contribution in [0, 0.1) is 5.82 Å². The smallest absolute Gasteiger partial charge is 0.219 e. The van der Waals surface area contributed by atoms with Crippen LogP contribution in [0.25, 0.3) is 0 Å². The van der Waals surface area contributed by atoms with Crippen molar-refractivity contribution in [2.45, 2.75) is 45.2 Å². The maximum absolute atomic E-state index is 13.4. The molecule has 0 radical (unpaired) electrons. The Hall–Kier alpha value is -2.34. The first-order chi connectivity index (χ1) is 13.1. The summed E-state index contributed by atoms with van der Waals surface area (Å²) in [6.45, 7) is 5.62. The molecule has 4 rings (SSSR count). The lowest BCUT2D eigenvalue weighted by Crippen LogP contribution is -2.38. The highest BCUT2D eigenvalue weighted by Gasteiger charge is 2.26. The first kappa shape index (κ1) is 18.0. The van der Waals surface area contributed by atoms with E-state index < -0.39 is 0 Å². The minimum Gasteiger partial charge on any atom is -0.342 e. The largest absolute Gasteiger partial charge is 0.342 e. The molecular formula is C21H25FN4O. The van der Waals surface area contributed by atoms with Crippen molar-refractivity contribution in [3.05, 3.63) is 58.9 Å². The maximum Gasteiger partial charge on any atom is 0.219 e. The van der Waals surface area contributed by atoms with Gasteiger partial charge in [0, 0.05) is 69.4 Å². The van der Waals surface area contributed by atoms with Crippen LogP contribution in [0.5, 0.6) is 0 Å². The number of carbonyl (C=O) groups excluding carboxylic acids is 1. The number of aromatic nitrogens is 2. The number of carbonyl (C=O) groups is 1. The van der Waals surface area contributed by atoms with Gasteiger partial charge in [-0.2, -0.15) is 0 Å². The quantitative estimate of drug-likeness (QED) is 0.836. The Labute approximate surface area is 159 Å².